The van der Waals surface area contributed by atoms with Gasteiger partial charge in [0.05, 0.1) is 0 Å². The van der Waals surface area contributed by atoms with Gasteiger partial charge in [-0.3, -0.25) is 9.59 Å². The van der Waals surface area contributed by atoms with Crippen molar-refractivity contribution >= 4 is 23.2 Å². The van der Waals surface area contributed by atoms with Crippen LogP contribution in [0, 0.1) is 12.3 Å². The molecule has 2 aromatic rings. The maximum atomic E-state index is 13.1. The van der Waals surface area contributed by atoms with Crippen LogP contribution in [0.3, 0.4) is 0 Å². The van der Waals surface area contributed by atoms with Crippen molar-refractivity contribution in [2.45, 2.75) is 57.8 Å². The van der Waals surface area contributed by atoms with E-state index in [-0.39, 0.29) is 17.0 Å². The molecule has 0 heterocycles. The van der Waals surface area contributed by atoms with Crippen molar-refractivity contribution in [1.29, 1.82) is 0 Å². The molecule has 0 atom stereocenters. The predicted molar refractivity (Wildman–Crippen MR) is 109 cm³/mol. The number of aryl methyl sites for hydroxylation is 1. The van der Waals surface area contributed by atoms with E-state index in [1.807, 2.05) is 49.4 Å². The minimum Gasteiger partial charge on any atom is -0.299 e. The Morgan fingerprint density at radius 1 is 0.852 bits per heavy atom. The molecule has 0 aliphatic heterocycles. The summed E-state index contributed by atoms with van der Waals surface area (Å²) in [6.45, 7) is 1.99. The lowest BCUT2D eigenvalue weighted by atomic mass is 9.61. The van der Waals surface area contributed by atoms with Gasteiger partial charge in [0.2, 0.25) is 0 Å². The van der Waals surface area contributed by atoms with Gasteiger partial charge >= 0.3 is 0 Å². The molecule has 0 bridgehead atoms. The van der Waals surface area contributed by atoms with E-state index in [1.54, 1.807) is 0 Å². The lowest BCUT2D eigenvalue weighted by molar-refractivity contribution is -0.137. The van der Waals surface area contributed by atoms with Crippen molar-refractivity contribution < 1.29 is 9.59 Å². The summed E-state index contributed by atoms with van der Waals surface area (Å²) in [4.78, 5) is 26.2. The molecule has 2 saturated carbocycles. The Kier molecular flexibility index (Phi) is 4.94. The number of ketones is 2. The fourth-order valence-corrected chi connectivity index (χ4v) is 5.09. The highest BCUT2D eigenvalue weighted by atomic mass is 35.5. The summed E-state index contributed by atoms with van der Waals surface area (Å²) in [6.07, 6.45) is 6.71. The molecule has 0 amide bonds. The Morgan fingerprint density at radius 2 is 1.44 bits per heavy atom. The van der Waals surface area contributed by atoms with Crippen LogP contribution >= 0.6 is 11.6 Å². The van der Waals surface area contributed by atoms with E-state index in [2.05, 4.69) is 0 Å². The van der Waals surface area contributed by atoms with Gasteiger partial charge in [0.25, 0.3) is 0 Å². The normalized spacial score (nSPS) is 20.2. The number of carbonyl (C=O) groups is 2. The third-order valence-electron chi connectivity index (χ3n) is 6.42. The molecule has 2 nitrogen and oxygen atoms in total. The average molecular weight is 381 g/mol. The van der Waals surface area contributed by atoms with E-state index in [0.29, 0.717) is 17.9 Å². The van der Waals surface area contributed by atoms with Gasteiger partial charge in [-0.25, -0.2) is 0 Å². The quantitative estimate of drug-likeness (QED) is 0.574. The summed E-state index contributed by atoms with van der Waals surface area (Å²) in [5.74, 6) is -0.362. The van der Waals surface area contributed by atoms with Crippen LogP contribution in [0.1, 0.15) is 62.0 Å². The van der Waals surface area contributed by atoms with Crippen LogP contribution in [0.2, 0.25) is 5.02 Å². The van der Waals surface area contributed by atoms with E-state index in [9.17, 15) is 9.59 Å². The second-order valence-corrected chi connectivity index (χ2v) is 8.79. The minimum atomic E-state index is -0.593. The van der Waals surface area contributed by atoms with Crippen LogP contribution in [-0.4, -0.2) is 11.6 Å². The summed E-state index contributed by atoms with van der Waals surface area (Å²) in [5.41, 5.74) is 3.90. The van der Waals surface area contributed by atoms with Gasteiger partial charge in [0.15, 0.2) is 0 Å². The van der Waals surface area contributed by atoms with Crippen molar-refractivity contribution in [1.82, 2.24) is 0 Å². The number of Topliss-reactive ketones (excluding diaryl/α,β-unsaturated/α-hetero) is 2. The Bertz CT molecular complexity index is 856. The number of halogens is 1. The molecule has 0 aromatic heterocycles. The first kappa shape index (κ1) is 18.4. The number of carbonyl (C=O) groups excluding carboxylic acids is 2. The summed E-state index contributed by atoms with van der Waals surface area (Å²) in [7, 11) is 0. The first-order valence-electron chi connectivity index (χ1n) is 9.89. The first-order chi connectivity index (χ1) is 13.0. The van der Waals surface area contributed by atoms with E-state index in [1.165, 1.54) is 6.42 Å². The lowest BCUT2D eigenvalue weighted by Crippen LogP contribution is -2.40. The van der Waals surface area contributed by atoms with Crippen molar-refractivity contribution in [2.75, 3.05) is 0 Å². The van der Waals surface area contributed by atoms with Crippen LogP contribution < -0.4 is 0 Å². The minimum absolute atomic E-state index is 0.0510. The predicted octanol–water partition coefficient (Wildman–Crippen LogP) is 6.28. The zero-order chi connectivity index (χ0) is 19.0. The van der Waals surface area contributed by atoms with Crippen LogP contribution in [0.25, 0.3) is 11.1 Å². The van der Waals surface area contributed by atoms with Gasteiger partial charge in [-0.2, -0.15) is 0 Å². The zero-order valence-electron chi connectivity index (χ0n) is 15.8. The highest BCUT2D eigenvalue weighted by Crippen LogP contribution is 2.48. The Hall–Kier alpha value is -1.93. The van der Waals surface area contributed by atoms with Gasteiger partial charge in [-0.05, 0) is 65.6 Å². The molecule has 2 aliphatic carbocycles. The van der Waals surface area contributed by atoms with E-state index in [0.717, 1.165) is 47.9 Å². The van der Waals surface area contributed by atoms with Crippen LogP contribution in [0.5, 0.6) is 0 Å². The van der Waals surface area contributed by atoms with Crippen molar-refractivity contribution in [3.05, 3.63) is 58.6 Å². The molecule has 4 rings (SSSR count). The van der Waals surface area contributed by atoms with Gasteiger partial charge in [-0.15, -0.1) is 0 Å². The van der Waals surface area contributed by atoms with Crippen molar-refractivity contribution in [3.63, 3.8) is 0 Å². The molecule has 1 spiro atoms. The molecule has 2 aromatic carbocycles. The second kappa shape index (κ2) is 7.24. The second-order valence-electron chi connectivity index (χ2n) is 8.36. The average Bonchev–Trinajstić information content (AvgIpc) is 2.64. The number of hydrogen-bond donors (Lipinski definition) is 0. The summed E-state index contributed by atoms with van der Waals surface area (Å²) in [5, 5.41) is 0.696. The highest BCUT2D eigenvalue weighted by molar-refractivity contribution is 6.30. The summed E-state index contributed by atoms with van der Waals surface area (Å²) < 4.78 is 0. The molecule has 0 unspecified atom stereocenters. The molecule has 0 saturated heterocycles. The van der Waals surface area contributed by atoms with Gasteiger partial charge < -0.3 is 0 Å². The number of hydrogen-bond acceptors (Lipinski definition) is 2. The lowest BCUT2D eigenvalue weighted by Gasteiger charge is -2.41. The molecular formula is C24H25ClO2. The Balaban J connectivity index is 1.66. The summed E-state index contributed by atoms with van der Waals surface area (Å²) in [6, 6.07) is 13.8. The summed E-state index contributed by atoms with van der Waals surface area (Å²) >= 11 is 6.00. The van der Waals surface area contributed by atoms with Crippen LogP contribution in [0.4, 0.5) is 0 Å². The van der Waals surface area contributed by atoms with Gasteiger partial charge in [0, 0.05) is 17.9 Å². The van der Waals surface area contributed by atoms with E-state index >= 15 is 0 Å². The van der Waals surface area contributed by atoms with Gasteiger partial charge in [0.1, 0.15) is 17.5 Å². The smallest absolute Gasteiger partial charge is 0.148 e. The highest BCUT2D eigenvalue weighted by Gasteiger charge is 2.46. The topological polar surface area (TPSA) is 34.1 Å². The first-order valence-corrected chi connectivity index (χ1v) is 10.3. The largest absolute Gasteiger partial charge is 0.299 e. The fraction of sp³-hybridized carbons (Fsp3) is 0.417. The third kappa shape index (κ3) is 3.60. The molecule has 2 aliphatic rings. The zero-order valence-corrected chi connectivity index (χ0v) is 16.5. The third-order valence-corrected chi connectivity index (χ3v) is 6.68. The molecule has 0 radical (unpaired) electrons. The number of rotatable bonds is 2. The van der Waals surface area contributed by atoms with Gasteiger partial charge in [-0.1, -0.05) is 55.1 Å². The van der Waals surface area contributed by atoms with Crippen molar-refractivity contribution in [2.24, 2.45) is 5.41 Å². The SMILES string of the molecule is Cc1ccc(-c2ccc(Cl)cc2)cc1C1C(=O)CC2(CCCCC2)CC1=O. The van der Waals surface area contributed by atoms with Crippen LogP contribution in [-0.2, 0) is 9.59 Å². The van der Waals surface area contributed by atoms with E-state index in [4.69, 9.17) is 11.6 Å². The fourth-order valence-electron chi connectivity index (χ4n) is 4.96. The Morgan fingerprint density at radius 3 is 2.07 bits per heavy atom. The van der Waals surface area contributed by atoms with E-state index < -0.39 is 5.92 Å². The molecule has 2 fully saturated rings. The standard InChI is InChI=1S/C24H25ClO2/c1-16-5-6-18(17-7-9-19(25)10-8-17)13-20(16)23-21(26)14-24(15-22(23)27)11-3-2-4-12-24/h5-10,13,23H,2-4,11-12,14-15H2,1H3. The Labute approximate surface area is 165 Å². The molecule has 3 heteroatoms. The van der Waals surface area contributed by atoms with Crippen molar-refractivity contribution in [3.8, 4) is 11.1 Å². The van der Waals surface area contributed by atoms with Crippen LogP contribution in [0.15, 0.2) is 42.5 Å². The maximum absolute atomic E-state index is 13.1. The molecule has 140 valence electrons. The maximum Gasteiger partial charge on any atom is 0.148 e. The molecule has 27 heavy (non-hydrogen) atoms. The molecule has 0 N–H and O–H groups in total. The number of benzene rings is 2. The molecular weight excluding hydrogens is 356 g/mol. The monoisotopic (exact) mass is 380 g/mol.